The van der Waals surface area contributed by atoms with Crippen molar-refractivity contribution in [2.75, 3.05) is 7.11 Å². The van der Waals surface area contributed by atoms with Crippen LogP contribution in [0, 0.1) is 4.77 Å². The zero-order valence-electron chi connectivity index (χ0n) is 12.3. The number of methoxy groups -OCH3 is 1. The van der Waals surface area contributed by atoms with E-state index in [0.29, 0.717) is 16.7 Å². The van der Waals surface area contributed by atoms with E-state index in [0.717, 1.165) is 30.4 Å². The van der Waals surface area contributed by atoms with E-state index in [9.17, 15) is 0 Å². The van der Waals surface area contributed by atoms with Crippen molar-refractivity contribution in [3.8, 4) is 5.88 Å². The van der Waals surface area contributed by atoms with E-state index >= 15 is 0 Å². The average molecular weight is 294 g/mol. The van der Waals surface area contributed by atoms with Crippen LogP contribution in [0.3, 0.4) is 0 Å². The summed E-state index contributed by atoms with van der Waals surface area (Å²) >= 11 is 5.49. The molecule has 0 saturated heterocycles. The highest BCUT2D eigenvalue weighted by molar-refractivity contribution is 7.71. The number of aromatic nitrogens is 4. The predicted molar refractivity (Wildman–Crippen MR) is 82.7 cm³/mol. The van der Waals surface area contributed by atoms with E-state index < -0.39 is 0 Å². The van der Waals surface area contributed by atoms with E-state index in [4.69, 9.17) is 17.0 Å². The summed E-state index contributed by atoms with van der Waals surface area (Å²) in [7, 11) is 1.61. The molecule has 1 unspecified atom stereocenters. The predicted octanol–water partition coefficient (Wildman–Crippen LogP) is 4.03. The maximum atomic E-state index is 5.49. The van der Waals surface area contributed by atoms with Crippen LogP contribution in [0.15, 0.2) is 6.33 Å². The largest absolute Gasteiger partial charge is 0.479 e. The number of hydrogen-bond donors (Lipinski definition) is 1. The molecule has 0 aliphatic heterocycles. The summed E-state index contributed by atoms with van der Waals surface area (Å²) in [5.41, 5.74) is 1.63. The van der Waals surface area contributed by atoms with Crippen molar-refractivity contribution in [1.82, 2.24) is 19.5 Å². The number of aromatic amines is 1. The van der Waals surface area contributed by atoms with E-state index in [2.05, 4.69) is 33.4 Å². The van der Waals surface area contributed by atoms with Crippen molar-refractivity contribution in [2.45, 2.75) is 52.0 Å². The highest BCUT2D eigenvalue weighted by atomic mass is 32.1. The second-order valence-electron chi connectivity index (χ2n) is 4.97. The van der Waals surface area contributed by atoms with Gasteiger partial charge in [0, 0.05) is 6.04 Å². The molecule has 2 heterocycles. The maximum Gasteiger partial charge on any atom is 0.242 e. The number of ether oxygens (including phenoxy) is 1. The second-order valence-corrected chi connectivity index (χ2v) is 5.35. The molecule has 110 valence electrons. The summed E-state index contributed by atoms with van der Waals surface area (Å²) in [6.07, 6.45) is 7.27. The first-order valence-electron chi connectivity index (χ1n) is 7.22. The molecule has 1 atom stereocenters. The van der Waals surface area contributed by atoms with Gasteiger partial charge in [0.1, 0.15) is 11.8 Å². The minimum atomic E-state index is 0.390. The zero-order chi connectivity index (χ0) is 14.5. The van der Waals surface area contributed by atoms with Crippen LogP contribution in [0.5, 0.6) is 5.88 Å². The summed E-state index contributed by atoms with van der Waals surface area (Å²) in [5.74, 6) is 0.547. The first-order chi connectivity index (χ1) is 9.72. The molecule has 2 aromatic heterocycles. The molecule has 0 aromatic carbocycles. The van der Waals surface area contributed by atoms with Crippen molar-refractivity contribution in [3.05, 3.63) is 11.1 Å². The smallest absolute Gasteiger partial charge is 0.242 e. The minimum absolute atomic E-state index is 0.390. The fraction of sp³-hybridized carbons (Fsp3) is 0.643. The molecule has 0 bridgehead atoms. The SMILES string of the molecule is CCCCC(CCC)n1c(=S)[nH]c2c(OC)ncnc21. The number of fused-ring (bicyclic) bond motifs is 1. The van der Waals surface area contributed by atoms with Crippen LogP contribution in [-0.2, 0) is 0 Å². The van der Waals surface area contributed by atoms with E-state index in [-0.39, 0.29) is 0 Å². The van der Waals surface area contributed by atoms with Crippen LogP contribution >= 0.6 is 12.2 Å². The molecule has 0 fully saturated rings. The third-order valence-corrected chi connectivity index (χ3v) is 3.84. The average Bonchev–Trinajstić information content (AvgIpc) is 2.79. The molecule has 0 amide bonds. The highest BCUT2D eigenvalue weighted by Crippen LogP contribution is 2.28. The molecule has 1 N–H and O–H groups in total. The van der Waals surface area contributed by atoms with E-state index in [1.54, 1.807) is 7.11 Å². The Morgan fingerprint density at radius 2 is 2.10 bits per heavy atom. The third-order valence-electron chi connectivity index (χ3n) is 3.54. The molecule has 2 rings (SSSR count). The number of nitrogens with one attached hydrogen (secondary N) is 1. The molecule has 20 heavy (non-hydrogen) atoms. The fourth-order valence-corrected chi connectivity index (χ4v) is 2.92. The Labute approximate surface area is 124 Å². The van der Waals surface area contributed by atoms with Crippen molar-refractivity contribution in [2.24, 2.45) is 0 Å². The summed E-state index contributed by atoms with van der Waals surface area (Å²) in [5, 5.41) is 0. The van der Waals surface area contributed by atoms with Crippen LogP contribution in [0.25, 0.3) is 11.2 Å². The number of unbranched alkanes of at least 4 members (excludes halogenated alkanes) is 1. The Hall–Kier alpha value is -1.43. The van der Waals surface area contributed by atoms with Crippen LogP contribution in [0.2, 0.25) is 0 Å². The molecule has 6 heteroatoms. The molecule has 0 radical (unpaired) electrons. The molecule has 2 aromatic rings. The van der Waals surface area contributed by atoms with Gasteiger partial charge in [-0.05, 0) is 25.1 Å². The third kappa shape index (κ3) is 2.85. The second kappa shape index (κ2) is 6.83. The number of rotatable bonds is 7. The number of H-pyrrole nitrogens is 1. The molecular weight excluding hydrogens is 272 g/mol. The Morgan fingerprint density at radius 3 is 2.75 bits per heavy atom. The lowest BCUT2D eigenvalue weighted by molar-refractivity contribution is 0.401. The van der Waals surface area contributed by atoms with Gasteiger partial charge in [0.15, 0.2) is 10.4 Å². The summed E-state index contributed by atoms with van der Waals surface area (Å²) in [4.78, 5) is 11.7. The fourth-order valence-electron chi connectivity index (χ4n) is 2.59. The lowest BCUT2D eigenvalue weighted by atomic mass is 10.1. The number of nitrogens with zero attached hydrogens (tertiary/aromatic N) is 3. The number of hydrogen-bond acceptors (Lipinski definition) is 4. The Kier molecular flexibility index (Phi) is 5.11. The van der Waals surface area contributed by atoms with Crippen LogP contribution in [-0.4, -0.2) is 26.6 Å². The van der Waals surface area contributed by atoms with Gasteiger partial charge in [0.25, 0.3) is 0 Å². The normalized spacial score (nSPS) is 12.8. The van der Waals surface area contributed by atoms with E-state index in [1.165, 1.54) is 19.2 Å². The van der Waals surface area contributed by atoms with Crippen molar-refractivity contribution >= 4 is 23.4 Å². The number of imidazole rings is 1. The van der Waals surface area contributed by atoms with Gasteiger partial charge in [-0.25, -0.2) is 4.98 Å². The van der Waals surface area contributed by atoms with Gasteiger partial charge >= 0.3 is 0 Å². The van der Waals surface area contributed by atoms with Crippen molar-refractivity contribution in [1.29, 1.82) is 0 Å². The topological polar surface area (TPSA) is 55.7 Å². The Morgan fingerprint density at radius 1 is 1.30 bits per heavy atom. The Balaban J connectivity index is 2.51. The van der Waals surface area contributed by atoms with Gasteiger partial charge in [0.05, 0.1) is 7.11 Å². The van der Waals surface area contributed by atoms with Gasteiger partial charge < -0.3 is 9.72 Å². The molecule has 5 nitrogen and oxygen atoms in total. The highest BCUT2D eigenvalue weighted by Gasteiger charge is 2.18. The summed E-state index contributed by atoms with van der Waals surface area (Å²) in [6, 6.07) is 0.390. The van der Waals surface area contributed by atoms with Gasteiger partial charge in [0.2, 0.25) is 5.88 Å². The van der Waals surface area contributed by atoms with Crippen molar-refractivity contribution < 1.29 is 4.74 Å². The molecule has 0 aliphatic rings. The first kappa shape index (κ1) is 15.0. The van der Waals surface area contributed by atoms with E-state index in [1.807, 2.05) is 0 Å². The minimum Gasteiger partial charge on any atom is -0.479 e. The molecule has 0 spiro atoms. The van der Waals surface area contributed by atoms with Gasteiger partial charge in [-0.1, -0.05) is 33.1 Å². The zero-order valence-corrected chi connectivity index (χ0v) is 13.2. The summed E-state index contributed by atoms with van der Waals surface area (Å²) in [6.45, 7) is 4.41. The molecule has 0 saturated carbocycles. The summed E-state index contributed by atoms with van der Waals surface area (Å²) < 4.78 is 8.11. The van der Waals surface area contributed by atoms with Crippen LogP contribution < -0.4 is 4.74 Å². The monoisotopic (exact) mass is 294 g/mol. The lowest BCUT2D eigenvalue weighted by Gasteiger charge is -2.18. The lowest BCUT2D eigenvalue weighted by Crippen LogP contribution is -2.10. The first-order valence-corrected chi connectivity index (χ1v) is 7.62. The Bertz CT molecular complexity index is 619. The molecular formula is C14H22N4OS. The maximum absolute atomic E-state index is 5.49. The van der Waals surface area contributed by atoms with Crippen molar-refractivity contribution in [3.63, 3.8) is 0 Å². The van der Waals surface area contributed by atoms with Crippen LogP contribution in [0.4, 0.5) is 0 Å². The van der Waals surface area contributed by atoms with Gasteiger partial charge in [-0.2, -0.15) is 4.98 Å². The van der Waals surface area contributed by atoms with Gasteiger partial charge in [-0.15, -0.1) is 0 Å². The molecule has 0 aliphatic carbocycles. The standard InChI is InChI=1S/C14H22N4OS/c1-4-6-8-10(7-5-2)18-12-11(17-14(18)20)13(19-3)16-9-15-12/h9-10H,4-8H2,1-3H3,(H,17,20). The van der Waals surface area contributed by atoms with Crippen LogP contribution in [0.1, 0.15) is 52.0 Å². The quantitative estimate of drug-likeness (QED) is 0.783. The van der Waals surface area contributed by atoms with Gasteiger partial charge in [-0.3, -0.25) is 4.57 Å².